The number of pyridine rings is 1. The van der Waals surface area contributed by atoms with Gasteiger partial charge in [0.15, 0.2) is 11.3 Å². The lowest BCUT2D eigenvalue weighted by Gasteiger charge is -2.29. The molecule has 140 valence electrons. The molecule has 0 radical (unpaired) electrons. The van der Waals surface area contributed by atoms with Gasteiger partial charge in [-0.05, 0) is 25.0 Å². The number of nitrogens with zero attached hydrogens (tertiary/aromatic N) is 1. The van der Waals surface area contributed by atoms with Crippen LogP contribution in [0.4, 0.5) is 0 Å². The van der Waals surface area contributed by atoms with Crippen molar-refractivity contribution in [3.63, 3.8) is 0 Å². The quantitative estimate of drug-likeness (QED) is 0.303. The predicted molar refractivity (Wildman–Crippen MR) is 83.0 cm³/mol. The van der Waals surface area contributed by atoms with Gasteiger partial charge in [0.2, 0.25) is 0 Å². The zero-order valence-electron chi connectivity index (χ0n) is 12.6. The summed E-state index contributed by atoms with van der Waals surface area (Å²) in [6.45, 7) is 0. The Labute approximate surface area is 141 Å². The van der Waals surface area contributed by atoms with Gasteiger partial charge in [-0.1, -0.05) is 6.07 Å². The van der Waals surface area contributed by atoms with E-state index < -0.39 is 50.8 Å². The second-order valence-electron chi connectivity index (χ2n) is 5.27. The number of carboxylic acids is 2. The topological polar surface area (TPSA) is 203 Å². The monoisotopic (exact) mass is 397 g/mol. The van der Waals surface area contributed by atoms with Crippen molar-refractivity contribution in [2.45, 2.75) is 24.2 Å². The molecule has 0 aliphatic carbocycles. The minimum atomic E-state index is -5.40. The summed E-state index contributed by atoms with van der Waals surface area (Å²) in [5, 5.41) is 18.2. The third kappa shape index (κ3) is 6.00. The van der Waals surface area contributed by atoms with Crippen LogP contribution in [0.1, 0.15) is 12.1 Å². The number of aryl methyl sites for hydroxylation is 1. The van der Waals surface area contributed by atoms with Gasteiger partial charge in [0.05, 0.1) is 0 Å². The Kier molecular flexibility index (Phi) is 7.01. The molecule has 13 heteroatoms. The van der Waals surface area contributed by atoms with Crippen LogP contribution < -0.4 is 0 Å². The molecule has 1 rings (SSSR count). The van der Waals surface area contributed by atoms with Gasteiger partial charge in [-0.3, -0.25) is 23.7 Å². The average molecular weight is 397 g/mol. The van der Waals surface area contributed by atoms with Crippen molar-refractivity contribution in [3.05, 3.63) is 30.1 Å². The standard InChI is InChI=1S/C12H17NO10P2/c14-11(15)9(24(18,19)20)8(10(12(16)17)25(21,22)23)5-4-7-3-1-2-6-13-7/h1-3,6,8-10H,4-5H2,(H,14,15)(H,16,17)(H2,18,19,20)(H2,21,22,23). The van der Waals surface area contributed by atoms with E-state index in [9.17, 15) is 38.3 Å². The summed E-state index contributed by atoms with van der Waals surface area (Å²) < 4.78 is 23.1. The van der Waals surface area contributed by atoms with Crippen LogP contribution in [0.15, 0.2) is 24.4 Å². The van der Waals surface area contributed by atoms with Crippen LogP contribution in [0, 0.1) is 5.92 Å². The molecule has 0 bridgehead atoms. The second kappa shape index (κ2) is 8.18. The highest BCUT2D eigenvalue weighted by atomic mass is 31.2. The van der Waals surface area contributed by atoms with E-state index in [4.69, 9.17) is 10.2 Å². The van der Waals surface area contributed by atoms with Gasteiger partial charge < -0.3 is 29.8 Å². The van der Waals surface area contributed by atoms with Gasteiger partial charge in [-0.25, -0.2) is 0 Å². The third-order valence-electron chi connectivity index (χ3n) is 3.50. The van der Waals surface area contributed by atoms with Gasteiger partial charge in [-0.2, -0.15) is 0 Å². The molecule has 0 aromatic carbocycles. The molecule has 1 aromatic rings. The Hall–Kier alpha value is -1.61. The first-order valence-corrected chi connectivity index (χ1v) is 10.2. The van der Waals surface area contributed by atoms with Crippen molar-refractivity contribution < 1.29 is 48.5 Å². The fraction of sp³-hybridized carbons (Fsp3) is 0.417. The minimum absolute atomic E-state index is 0.126. The van der Waals surface area contributed by atoms with Crippen LogP contribution in [-0.2, 0) is 25.1 Å². The summed E-state index contributed by atoms with van der Waals surface area (Å²) in [4.78, 5) is 63.6. The van der Waals surface area contributed by atoms with Gasteiger partial charge in [0.1, 0.15) is 0 Å². The van der Waals surface area contributed by atoms with Gasteiger partial charge in [-0.15, -0.1) is 0 Å². The molecule has 0 aliphatic rings. The average Bonchev–Trinajstić information content (AvgIpc) is 2.42. The van der Waals surface area contributed by atoms with Crippen molar-refractivity contribution >= 4 is 27.1 Å². The summed E-state index contributed by atoms with van der Waals surface area (Å²) in [6.07, 6.45) is 0.750. The maximum Gasteiger partial charge on any atom is 0.340 e. The van der Waals surface area contributed by atoms with E-state index in [-0.39, 0.29) is 6.42 Å². The van der Waals surface area contributed by atoms with E-state index in [1.165, 1.54) is 12.3 Å². The first-order valence-electron chi connectivity index (χ1n) is 6.81. The molecule has 0 saturated heterocycles. The molecule has 1 heterocycles. The SMILES string of the molecule is O=C(O)C(C(CCc1ccccn1)C(C(=O)O)P(=O)(O)O)P(=O)(O)O. The van der Waals surface area contributed by atoms with Crippen LogP contribution in [-0.4, -0.2) is 58.0 Å². The zero-order valence-corrected chi connectivity index (χ0v) is 14.4. The zero-order chi connectivity index (χ0) is 19.4. The van der Waals surface area contributed by atoms with E-state index in [0.717, 1.165) is 0 Å². The Morgan fingerprint density at radius 1 is 0.960 bits per heavy atom. The number of carbonyl (C=O) groups is 2. The highest BCUT2D eigenvalue weighted by Crippen LogP contribution is 2.54. The fourth-order valence-electron chi connectivity index (χ4n) is 2.50. The summed E-state index contributed by atoms with van der Waals surface area (Å²) in [5.41, 5.74) is -4.81. The molecule has 0 aliphatic heterocycles. The summed E-state index contributed by atoms with van der Waals surface area (Å²) in [6, 6.07) is 4.65. The van der Waals surface area contributed by atoms with E-state index >= 15 is 0 Å². The molecule has 0 spiro atoms. The fourth-order valence-corrected chi connectivity index (χ4v) is 4.85. The van der Waals surface area contributed by atoms with E-state index in [0.29, 0.717) is 5.69 Å². The van der Waals surface area contributed by atoms with Crippen LogP contribution in [0.3, 0.4) is 0 Å². The first-order chi connectivity index (χ1) is 11.4. The lowest BCUT2D eigenvalue weighted by Crippen LogP contribution is -2.41. The maximum atomic E-state index is 11.5. The largest absolute Gasteiger partial charge is 0.481 e. The Morgan fingerprint density at radius 2 is 1.44 bits per heavy atom. The molecule has 6 N–H and O–H groups in total. The Balaban J connectivity index is 3.33. The van der Waals surface area contributed by atoms with Crippen molar-refractivity contribution in [1.82, 2.24) is 4.98 Å². The maximum absolute atomic E-state index is 11.5. The van der Waals surface area contributed by atoms with E-state index in [2.05, 4.69) is 4.98 Å². The van der Waals surface area contributed by atoms with Gasteiger partial charge >= 0.3 is 27.1 Å². The normalized spacial score (nSPS) is 16.0. The molecular weight excluding hydrogens is 380 g/mol. The number of hydrogen-bond donors (Lipinski definition) is 6. The molecule has 0 amide bonds. The van der Waals surface area contributed by atoms with Crippen molar-refractivity contribution in [1.29, 1.82) is 0 Å². The minimum Gasteiger partial charge on any atom is -0.481 e. The lowest BCUT2D eigenvalue weighted by molar-refractivity contribution is -0.140. The smallest absolute Gasteiger partial charge is 0.340 e. The molecule has 1 aromatic heterocycles. The van der Waals surface area contributed by atoms with Crippen molar-refractivity contribution in [2.75, 3.05) is 0 Å². The molecule has 25 heavy (non-hydrogen) atoms. The number of hydrogen-bond acceptors (Lipinski definition) is 5. The highest BCUT2D eigenvalue weighted by Gasteiger charge is 2.53. The Bertz CT molecular complexity index is 672. The molecule has 0 fully saturated rings. The number of rotatable bonds is 9. The number of carboxylic acid groups (broad SMARTS) is 2. The van der Waals surface area contributed by atoms with Crippen molar-refractivity contribution in [3.8, 4) is 0 Å². The van der Waals surface area contributed by atoms with Gasteiger partial charge in [0.25, 0.3) is 0 Å². The summed E-state index contributed by atoms with van der Waals surface area (Å²) in [7, 11) is -10.8. The number of aromatic nitrogens is 1. The second-order valence-corrected chi connectivity index (χ2v) is 8.74. The van der Waals surface area contributed by atoms with Crippen LogP contribution in [0.5, 0.6) is 0 Å². The van der Waals surface area contributed by atoms with Crippen LogP contribution in [0.2, 0.25) is 0 Å². The predicted octanol–water partition coefficient (Wildman–Crippen LogP) is -0.108. The molecule has 2 atom stereocenters. The van der Waals surface area contributed by atoms with Crippen LogP contribution >= 0.6 is 15.2 Å². The Morgan fingerprint density at radius 3 is 1.76 bits per heavy atom. The van der Waals surface area contributed by atoms with Crippen molar-refractivity contribution in [2.24, 2.45) is 5.92 Å². The molecule has 2 unspecified atom stereocenters. The van der Waals surface area contributed by atoms with E-state index in [1.54, 1.807) is 12.1 Å². The van der Waals surface area contributed by atoms with E-state index in [1.807, 2.05) is 0 Å². The summed E-state index contributed by atoms with van der Waals surface area (Å²) in [5.74, 6) is -6.10. The molecule has 0 saturated carbocycles. The lowest BCUT2D eigenvalue weighted by atomic mass is 9.93. The molecule has 11 nitrogen and oxygen atoms in total. The van der Waals surface area contributed by atoms with Gasteiger partial charge in [0, 0.05) is 17.8 Å². The number of aliphatic carboxylic acids is 2. The third-order valence-corrected chi connectivity index (χ3v) is 6.16. The molecular formula is C12H17NO10P2. The summed E-state index contributed by atoms with van der Waals surface area (Å²) >= 11 is 0. The first kappa shape index (κ1) is 21.4. The van der Waals surface area contributed by atoms with Crippen LogP contribution in [0.25, 0.3) is 0 Å². The highest BCUT2D eigenvalue weighted by molar-refractivity contribution is 7.55.